The van der Waals surface area contributed by atoms with Crippen LogP contribution in [0.4, 0.5) is 18.9 Å². The normalized spacial score (nSPS) is 12.8. The Balaban J connectivity index is 1.95. The minimum absolute atomic E-state index is 0.0660. The van der Waals surface area contributed by atoms with Crippen LogP contribution in [-0.4, -0.2) is 28.5 Å². The first-order valence-electron chi connectivity index (χ1n) is 9.57. The number of thiazole rings is 1. The number of aliphatic imine (C=N–C) groups is 1. The van der Waals surface area contributed by atoms with Gasteiger partial charge in [-0.3, -0.25) is 9.56 Å². The lowest BCUT2D eigenvalue weighted by Gasteiger charge is -2.18. The van der Waals surface area contributed by atoms with Crippen LogP contribution in [0.25, 0.3) is 0 Å². The first-order chi connectivity index (χ1) is 15.2. The summed E-state index contributed by atoms with van der Waals surface area (Å²) in [6, 6.07) is 12.8. The number of aromatic hydroxyl groups is 1. The molecule has 32 heavy (non-hydrogen) atoms. The summed E-state index contributed by atoms with van der Waals surface area (Å²) in [7, 11) is 0. The van der Waals surface area contributed by atoms with Gasteiger partial charge in [-0.05, 0) is 42.9 Å². The molecule has 0 spiro atoms. The van der Waals surface area contributed by atoms with Gasteiger partial charge < -0.3 is 9.84 Å². The van der Waals surface area contributed by atoms with Gasteiger partial charge in [0.25, 0.3) is 0 Å². The fraction of sp³-hybridized carbons (Fsp3) is 0.227. The fourth-order valence-electron chi connectivity index (χ4n) is 3.00. The van der Waals surface area contributed by atoms with Gasteiger partial charge in [-0.2, -0.15) is 13.2 Å². The molecule has 0 unspecified atom stereocenters. The van der Waals surface area contributed by atoms with E-state index in [9.17, 15) is 23.1 Å². The third kappa shape index (κ3) is 5.63. The highest BCUT2D eigenvalue weighted by atomic mass is 32.1. The minimum atomic E-state index is -4.49. The Labute approximate surface area is 191 Å². The molecule has 1 aromatic heterocycles. The van der Waals surface area contributed by atoms with Gasteiger partial charge in [0.05, 0.1) is 24.1 Å². The van der Waals surface area contributed by atoms with Crippen LogP contribution in [0.15, 0.2) is 59.6 Å². The molecule has 0 amide bonds. The van der Waals surface area contributed by atoms with Gasteiger partial charge in [0.2, 0.25) is 5.88 Å². The summed E-state index contributed by atoms with van der Waals surface area (Å²) in [6.45, 7) is 1.84. The van der Waals surface area contributed by atoms with E-state index in [1.54, 1.807) is 6.92 Å². The van der Waals surface area contributed by atoms with Crippen molar-refractivity contribution in [3.05, 3.63) is 74.6 Å². The Hall–Kier alpha value is -2.98. The molecule has 0 saturated carbocycles. The molecule has 1 atom stereocenters. The highest BCUT2D eigenvalue weighted by Crippen LogP contribution is 2.33. The lowest BCUT2D eigenvalue weighted by atomic mass is 10.1. The van der Waals surface area contributed by atoms with E-state index < -0.39 is 23.8 Å². The number of ether oxygens (including phenoxy) is 1. The second kappa shape index (κ2) is 10.1. The van der Waals surface area contributed by atoms with E-state index in [2.05, 4.69) is 4.99 Å². The number of nitrogens with zero attached hydrogens (tertiary/aromatic N) is 2. The predicted octanol–water partition coefficient (Wildman–Crippen LogP) is 6.10. The maximum atomic E-state index is 12.9. The Morgan fingerprint density at radius 1 is 1.25 bits per heavy atom. The van der Waals surface area contributed by atoms with Crippen LogP contribution < -0.4 is 0 Å². The van der Waals surface area contributed by atoms with Crippen LogP contribution in [0.2, 0.25) is 0 Å². The highest BCUT2D eigenvalue weighted by molar-refractivity contribution is 7.73. The first kappa shape index (κ1) is 23.7. The van der Waals surface area contributed by atoms with Crippen LogP contribution in [0.1, 0.15) is 29.0 Å². The lowest BCUT2D eigenvalue weighted by molar-refractivity contribution is -0.147. The van der Waals surface area contributed by atoms with E-state index >= 15 is 0 Å². The summed E-state index contributed by atoms with van der Waals surface area (Å²) >= 11 is 6.35. The molecule has 0 radical (unpaired) electrons. The zero-order chi connectivity index (χ0) is 23.3. The molecule has 10 heteroatoms. The van der Waals surface area contributed by atoms with E-state index in [4.69, 9.17) is 17.0 Å². The SMILES string of the molecule is CCOC(=O)[C@H](Cc1ccccc1)n1c(O)c(C=Nc2cccc(C(F)(F)F)c2)sc1=S. The van der Waals surface area contributed by atoms with Crippen molar-refractivity contribution in [2.45, 2.75) is 25.6 Å². The van der Waals surface area contributed by atoms with E-state index in [1.165, 1.54) is 22.9 Å². The summed E-state index contributed by atoms with van der Waals surface area (Å²) in [6.07, 6.45) is -3.02. The van der Waals surface area contributed by atoms with Crippen molar-refractivity contribution < 1.29 is 27.8 Å². The molecular weight excluding hydrogens is 461 g/mol. The monoisotopic (exact) mass is 480 g/mol. The van der Waals surface area contributed by atoms with Crippen molar-refractivity contribution in [3.63, 3.8) is 0 Å². The summed E-state index contributed by atoms with van der Waals surface area (Å²) in [5.41, 5.74) is 0.0837. The molecule has 0 bridgehead atoms. The number of benzene rings is 2. The van der Waals surface area contributed by atoms with E-state index in [0.717, 1.165) is 29.0 Å². The number of hydrogen-bond acceptors (Lipinski definition) is 6. The topological polar surface area (TPSA) is 63.8 Å². The molecule has 3 aromatic rings. The van der Waals surface area contributed by atoms with Crippen LogP contribution in [0.5, 0.6) is 5.88 Å². The van der Waals surface area contributed by atoms with Crippen molar-refractivity contribution in [2.24, 2.45) is 4.99 Å². The van der Waals surface area contributed by atoms with E-state index in [1.807, 2.05) is 30.3 Å². The highest BCUT2D eigenvalue weighted by Gasteiger charge is 2.30. The Bertz CT molecular complexity index is 1170. The number of alkyl halides is 3. The Morgan fingerprint density at radius 2 is 1.97 bits per heavy atom. The molecular formula is C22H19F3N2O3S2. The molecule has 3 rings (SSSR count). The number of hydrogen-bond donors (Lipinski definition) is 1. The second-order valence-electron chi connectivity index (χ2n) is 6.69. The minimum Gasteiger partial charge on any atom is -0.493 e. The molecule has 168 valence electrons. The van der Waals surface area contributed by atoms with Crippen molar-refractivity contribution in [3.8, 4) is 5.88 Å². The van der Waals surface area contributed by atoms with Crippen LogP contribution in [0, 0.1) is 3.95 Å². The van der Waals surface area contributed by atoms with Gasteiger partial charge in [0, 0.05) is 6.42 Å². The molecule has 2 aromatic carbocycles. The molecule has 0 aliphatic rings. The lowest BCUT2D eigenvalue weighted by Crippen LogP contribution is -2.24. The second-order valence-corrected chi connectivity index (χ2v) is 8.37. The quantitative estimate of drug-likeness (QED) is 0.252. The third-order valence-corrected chi connectivity index (χ3v) is 5.82. The summed E-state index contributed by atoms with van der Waals surface area (Å²) in [4.78, 5) is 16.9. The maximum absolute atomic E-state index is 12.9. The smallest absolute Gasteiger partial charge is 0.416 e. The molecule has 5 nitrogen and oxygen atoms in total. The van der Waals surface area contributed by atoms with Gasteiger partial charge in [0.15, 0.2) is 3.95 Å². The number of carbonyl (C=O) groups excluding carboxylic acids is 1. The third-order valence-electron chi connectivity index (χ3n) is 4.49. The van der Waals surface area contributed by atoms with Crippen LogP contribution in [-0.2, 0) is 22.1 Å². The van der Waals surface area contributed by atoms with Crippen LogP contribution in [0.3, 0.4) is 0 Å². The van der Waals surface area contributed by atoms with Gasteiger partial charge in [0.1, 0.15) is 10.9 Å². The summed E-state index contributed by atoms with van der Waals surface area (Å²) < 4.78 is 45.4. The van der Waals surface area contributed by atoms with Crippen LogP contribution >= 0.6 is 23.6 Å². The zero-order valence-electron chi connectivity index (χ0n) is 16.9. The molecule has 1 N–H and O–H groups in total. The molecule has 0 aliphatic carbocycles. The number of aromatic nitrogens is 1. The fourth-order valence-corrected chi connectivity index (χ4v) is 4.28. The van der Waals surface area contributed by atoms with Crippen molar-refractivity contribution >= 4 is 41.4 Å². The van der Waals surface area contributed by atoms with Crippen molar-refractivity contribution in [1.82, 2.24) is 4.57 Å². The molecule has 0 fully saturated rings. The van der Waals surface area contributed by atoms with E-state index in [0.29, 0.717) is 0 Å². The average molecular weight is 481 g/mol. The number of carbonyl (C=O) groups is 1. The van der Waals surface area contributed by atoms with Crippen molar-refractivity contribution in [2.75, 3.05) is 6.61 Å². The van der Waals surface area contributed by atoms with E-state index in [-0.39, 0.29) is 33.4 Å². The zero-order valence-corrected chi connectivity index (χ0v) is 18.5. The van der Waals surface area contributed by atoms with Gasteiger partial charge in [-0.15, -0.1) is 0 Å². The number of rotatable bonds is 7. The van der Waals surface area contributed by atoms with Crippen molar-refractivity contribution in [1.29, 1.82) is 0 Å². The Kier molecular flexibility index (Phi) is 7.47. The standard InChI is InChI=1S/C22H19F3N2O3S2/c1-2-30-20(29)17(11-14-7-4-3-5-8-14)27-19(28)18(32-21(27)31)13-26-16-10-6-9-15(12-16)22(23,24)25/h3-10,12-13,17,28H,2,11H2,1H3/t17-/m0/s1. The average Bonchev–Trinajstić information content (AvgIpc) is 3.04. The van der Waals surface area contributed by atoms with Gasteiger partial charge in [-0.25, -0.2) is 4.79 Å². The number of esters is 1. The summed E-state index contributed by atoms with van der Waals surface area (Å²) in [5, 5.41) is 10.8. The van der Waals surface area contributed by atoms with Gasteiger partial charge in [-0.1, -0.05) is 47.7 Å². The molecule has 1 heterocycles. The molecule has 0 saturated heterocycles. The maximum Gasteiger partial charge on any atom is 0.416 e. The van der Waals surface area contributed by atoms with Gasteiger partial charge >= 0.3 is 12.1 Å². The predicted molar refractivity (Wildman–Crippen MR) is 119 cm³/mol. The Morgan fingerprint density at radius 3 is 2.62 bits per heavy atom. The first-order valence-corrected chi connectivity index (χ1v) is 10.8. The summed E-state index contributed by atoms with van der Waals surface area (Å²) in [5.74, 6) is -0.855. The molecule has 0 aliphatic heterocycles. The number of halogens is 3. The largest absolute Gasteiger partial charge is 0.493 e.